The molecule has 1 aliphatic heterocycles. The van der Waals surface area contributed by atoms with E-state index in [1.165, 1.54) is 6.92 Å². The molecular weight excluding hydrogens is 532 g/mol. The monoisotopic (exact) mass is 545 g/mol. The molecule has 6 nitrogen and oxygen atoms in total. The molecule has 0 atom stereocenters. The van der Waals surface area contributed by atoms with Crippen LogP contribution in [0, 0.1) is 3.57 Å². The van der Waals surface area contributed by atoms with Crippen LogP contribution in [0.15, 0.2) is 41.0 Å². The van der Waals surface area contributed by atoms with Gasteiger partial charge in [-0.15, -0.1) is 0 Å². The smallest absolute Gasteiger partial charge is 0.363 e. The van der Waals surface area contributed by atoms with Crippen LogP contribution < -0.4 is 9.47 Å². The number of ether oxygens (including phenoxy) is 3. The number of hydrogen-bond donors (Lipinski definition) is 0. The fourth-order valence-electron chi connectivity index (χ4n) is 2.50. The lowest BCUT2D eigenvalue weighted by atomic mass is 10.1. The number of rotatable bonds is 5. The predicted octanol–water partition coefficient (Wildman–Crippen LogP) is 5.27. The number of aliphatic imine (C=N–C) groups is 1. The van der Waals surface area contributed by atoms with Crippen LogP contribution in [-0.4, -0.2) is 24.4 Å². The van der Waals surface area contributed by atoms with E-state index >= 15 is 0 Å². The van der Waals surface area contributed by atoms with Crippen LogP contribution in [0.5, 0.6) is 11.5 Å². The van der Waals surface area contributed by atoms with E-state index in [0.717, 1.165) is 0 Å². The maximum absolute atomic E-state index is 12.3. The molecule has 3 rings (SSSR count). The van der Waals surface area contributed by atoms with Gasteiger partial charge in [-0.1, -0.05) is 23.2 Å². The molecule has 0 radical (unpaired) electrons. The standard InChI is InChI=1S/C20H14Cl2INO5/c1-3-27-17-8-11(6-15(23)18(17)28-10(2)25)7-16-20(26)29-19(24-16)12-4-5-13(21)14(22)9-12/h4-9H,3H2,1-2H3/b16-7-. The van der Waals surface area contributed by atoms with E-state index in [0.29, 0.717) is 42.8 Å². The summed E-state index contributed by atoms with van der Waals surface area (Å²) >= 11 is 14.0. The fraction of sp³-hybridized carbons (Fsp3) is 0.150. The van der Waals surface area contributed by atoms with Crippen molar-refractivity contribution in [2.45, 2.75) is 13.8 Å². The Morgan fingerprint density at radius 1 is 1.24 bits per heavy atom. The zero-order valence-electron chi connectivity index (χ0n) is 15.3. The molecule has 1 aliphatic rings. The number of hydrogen-bond acceptors (Lipinski definition) is 6. The molecule has 0 saturated carbocycles. The van der Waals surface area contributed by atoms with Gasteiger partial charge in [0.05, 0.1) is 20.2 Å². The van der Waals surface area contributed by atoms with Crippen LogP contribution in [0.25, 0.3) is 6.08 Å². The van der Waals surface area contributed by atoms with E-state index in [-0.39, 0.29) is 11.6 Å². The van der Waals surface area contributed by atoms with Gasteiger partial charge in [-0.3, -0.25) is 4.79 Å². The lowest BCUT2D eigenvalue weighted by molar-refractivity contribution is -0.132. The Hall–Kier alpha value is -2.10. The highest BCUT2D eigenvalue weighted by Crippen LogP contribution is 2.35. The third-order valence-corrected chi connectivity index (χ3v) is 5.21. The van der Waals surface area contributed by atoms with Crippen molar-refractivity contribution in [3.8, 4) is 11.5 Å². The normalized spacial score (nSPS) is 14.6. The minimum atomic E-state index is -0.594. The summed E-state index contributed by atoms with van der Waals surface area (Å²) < 4.78 is 16.7. The van der Waals surface area contributed by atoms with Crippen molar-refractivity contribution in [3.63, 3.8) is 0 Å². The molecule has 0 fully saturated rings. The topological polar surface area (TPSA) is 74.2 Å². The van der Waals surface area contributed by atoms with Gasteiger partial charge in [0.15, 0.2) is 17.2 Å². The Morgan fingerprint density at radius 2 is 2.00 bits per heavy atom. The van der Waals surface area contributed by atoms with Crippen molar-refractivity contribution >= 4 is 69.7 Å². The fourth-order valence-corrected chi connectivity index (χ4v) is 3.53. The molecule has 0 bridgehead atoms. The third-order valence-electron chi connectivity index (χ3n) is 3.67. The first-order chi connectivity index (χ1) is 13.8. The van der Waals surface area contributed by atoms with Gasteiger partial charge in [0.2, 0.25) is 5.90 Å². The van der Waals surface area contributed by atoms with E-state index in [4.69, 9.17) is 37.4 Å². The molecule has 0 spiro atoms. The van der Waals surface area contributed by atoms with Crippen molar-refractivity contribution in [3.05, 3.63) is 60.8 Å². The van der Waals surface area contributed by atoms with E-state index < -0.39 is 11.9 Å². The summed E-state index contributed by atoms with van der Waals surface area (Å²) in [7, 11) is 0. The van der Waals surface area contributed by atoms with Crippen LogP contribution in [0.2, 0.25) is 10.0 Å². The number of halogens is 3. The summed E-state index contributed by atoms with van der Waals surface area (Å²) in [5.41, 5.74) is 1.29. The Labute approximate surface area is 190 Å². The lowest BCUT2D eigenvalue weighted by Gasteiger charge is -2.12. The number of benzene rings is 2. The van der Waals surface area contributed by atoms with E-state index in [1.54, 1.807) is 36.4 Å². The highest BCUT2D eigenvalue weighted by atomic mass is 127. The second kappa shape index (κ2) is 9.15. The summed E-state index contributed by atoms with van der Waals surface area (Å²) in [6.07, 6.45) is 1.56. The molecule has 0 N–H and O–H groups in total. The maximum atomic E-state index is 12.3. The quantitative estimate of drug-likeness (QED) is 0.221. The van der Waals surface area contributed by atoms with Gasteiger partial charge in [-0.05, 0) is 71.5 Å². The molecule has 0 amide bonds. The zero-order valence-corrected chi connectivity index (χ0v) is 19.0. The number of carbonyl (C=O) groups is 2. The SMILES string of the molecule is CCOc1cc(/C=C2\N=C(c3ccc(Cl)c(Cl)c3)OC2=O)cc(I)c1OC(C)=O. The van der Waals surface area contributed by atoms with Crippen molar-refractivity contribution < 1.29 is 23.8 Å². The maximum Gasteiger partial charge on any atom is 0.363 e. The Balaban J connectivity index is 1.98. The van der Waals surface area contributed by atoms with Crippen molar-refractivity contribution in [1.82, 2.24) is 0 Å². The summed E-state index contributed by atoms with van der Waals surface area (Å²) in [6, 6.07) is 8.24. The number of carbonyl (C=O) groups excluding carboxylic acids is 2. The van der Waals surface area contributed by atoms with Gasteiger partial charge >= 0.3 is 11.9 Å². The molecule has 9 heteroatoms. The lowest BCUT2D eigenvalue weighted by Crippen LogP contribution is -2.06. The Morgan fingerprint density at radius 3 is 2.66 bits per heavy atom. The first-order valence-electron chi connectivity index (χ1n) is 8.41. The molecule has 1 heterocycles. The summed E-state index contributed by atoms with van der Waals surface area (Å²) in [4.78, 5) is 27.9. The van der Waals surface area contributed by atoms with Crippen LogP contribution in [0.3, 0.4) is 0 Å². The van der Waals surface area contributed by atoms with Crippen molar-refractivity contribution in [2.24, 2.45) is 4.99 Å². The summed E-state index contributed by atoms with van der Waals surface area (Å²) in [5, 5.41) is 0.722. The molecule has 0 saturated heterocycles. The first-order valence-corrected chi connectivity index (χ1v) is 10.2. The number of esters is 2. The molecule has 29 heavy (non-hydrogen) atoms. The molecule has 0 aliphatic carbocycles. The van der Waals surface area contributed by atoms with Gasteiger partial charge in [-0.25, -0.2) is 9.79 Å². The molecule has 2 aromatic carbocycles. The number of nitrogens with zero attached hydrogens (tertiary/aromatic N) is 1. The van der Waals surface area contributed by atoms with E-state index in [9.17, 15) is 9.59 Å². The molecule has 0 unspecified atom stereocenters. The Kier molecular flexibility index (Phi) is 6.81. The second-order valence-electron chi connectivity index (χ2n) is 5.82. The van der Waals surface area contributed by atoms with Crippen LogP contribution in [0.4, 0.5) is 0 Å². The van der Waals surface area contributed by atoms with Crippen molar-refractivity contribution in [1.29, 1.82) is 0 Å². The summed E-state index contributed by atoms with van der Waals surface area (Å²) in [5.74, 6) is -0.193. The van der Waals surface area contributed by atoms with E-state index in [2.05, 4.69) is 4.99 Å². The Bertz CT molecular complexity index is 1070. The van der Waals surface area contributed by atoms with Gasteiger partial charge in [0, 0.05) is 12.5 Å². The van der Waals surface area contributed by atoms with Crippen LogP contribution in [0.1, 0.15) is 25.0 Å². The van der Waals surface area contributed by atoms with Crippen molar-refractivity contribution in [2.75, 3.05) is 6.61 Å². The predicted molar refractivity (Wildman–Crippen MR) is 119 cm³/mol. The average Bonchev–Trinajstić information content (AvgIpc) is 3.01. The van der Waals surface area contributed by atoms with Crippen LogP contribution >= 0.6 is 45.8 Å². The third kappa shape index (κ3) is 5.09. The second-order valence-corrected chi connectivity index (χ2v) is 7.80. The van der Waals surface area contributed by atoms with Gasteiger partial charge < -0.3 is 14.2 Å². The highest BCUT2D eigenvalue weighted by Gasteiger charge is 2.25. The minimum Gasteiger partial charge on any atom is -0.490 e. The van der Waals surface area contributed by atoms with E-state index in [1.807, 2.05) is 29.5 Å². The molecular formula is C20H14Cl2INO5. The summed E-state index contributed by atoms with van der Waals surface area (Å²) in [6.45, 7) is 3.51. The van der Waals surface area contributed by atoms with Gasteiger partial charge in [0.1, 0.15) is 0 Å². The van der Waals surface area contributed by atoms with Gasteiger partial charge in [0.25, 0.3) is 0 Å². The zero-order chi connectivity index (χ0) is 21.1. The van der Waals surface area contributed by atoms with Crippen LogP contribution in [-0.2, 0) is 14.3 Å². The highest BCUT2D eigenvalue weighted by molar-refractivity contribution is 14.1. The first kappa shape index (κ1) is 21.6. The van der Waals surface area contributed by atoms with Gasteiger partial charge in [-0.2, -0.15) is 0 Å². The molecule has 150 valence electrons. The molecule has 0 aromatic heterocycles. The average molecular weight is 546 g/mol. The largest absolute Gasteiger partial charge is 0.490 e. The molecule has 2 aromatic rings. The number of cyclic esters (lactones) is 1. The minimum absolute atomic E-state index is 0.115.